The number of hydrogen-bond donors (Lipinski definition) is 0. The highest BCUT2D eigenvalue weighted by molar-refractivity contribution is 7.19. The van der Waals surface area contributed by atoms with Gasteiger partial charge in [0.15, 0.2) is 0 Å². The van der Waals surface area contributed by atoms with Crippen LogP contribution in [-0.4, -0.2) is 41.9 Å². The third kappa shape index (κ3) is 3.69. The summed E-state index contributed by atoms with van der Waals surface area (Å²) in [7, 11) is 0. The van der Waals surface area contributed by atoms with E-state index in [1.54, 1.807) is 17.6 Å². The lowest BCUT2D eigenvalue weighted by Crippen LogP contribution is -2.36. The number of carbonyl (C=O) groups is 1. The first kappa shape index (κ1) is 17.3. The van der Waals surface area contributed by atoms with Crippen LogP contribution < -0.4 is 0 Å². The maximum atomic E-state index is 12.9. The van der Waals surface area contributed by atoms with Gasteiger partial charge in [-0.3, -0.25) is 9.69 Å². The number of furan rings is 1. The third-order valence-electron chi connectivity index (χ3n) is 5.16. The fourth-order valence-corrected chi connectivity index (χ4v) is 4.85. The Kier molecular flexibility index (Phi) is 5.09. The quantitative estimate of drug-likeness (QED) is 0.696. The van der Waals surface area contributed by atoms with Crippen molar-refractivity contribution in [3.8, 4) is 0 Å². The fourth-order valence-electron chi connectivity index (χ4n) is 3.64. The summed E-state index contributed by atoms with van der Waals surface area (Å²) in [5.41, 5.74) is 1.26. The number of nitrogens with zero attached hydrogens (tertiary/aromatic N) is 2. The Hall–Kier alpha value is -2.11. The highest BCUT2D eigenvalue weighted by Gasteiger charge is 2.21. The summed E-state index contributed by atoms with van der Waals surface area (Å²) < 4.78 is 6.72. The fraction of sp³-hybridized carbons (Fsp3) is 0.381. The molecule has 2 aromatic heterocycles. The molecule has 26 heavy (non-hydrogen) atoms. The Labute approximate surface area is 158 Å². The van der Waals surface area contributed by atoms with Crippen molar-refractivity contribution in [1.82, 2.24) is 9.80 Å². The molecule has 3 heterocycles. The Bertz CT molecular complexity index is 885. The lowest BCUT2D eigenvalue weighted by molar-refractivity contribution is -0.130. The summed E-state index contributed by atoms with van der Waals surface area (Å²) in [5.74, 6) is 1.24. The van der Waals surface area contributed by atoms with Gasteiger partial charge >= 0.3 is 0 Å². The van der Waals surface area contributed by atoms with Gasteiger partial charge in [0.1, 0.15) is 5.76 Å². The molecular weight excluding hydrogens is 344 g/mol. The molecule has 1 aliphatic rings. The largest absolute Gasteiger partial charge is 0.468 e. The molecule has 1 fully saturated rings. The average molecular weight is 369 g/mol. The van der Waals surface area contributed by atoms with Crippen molar-refractivity contribution in [1.29, 1.82) is 0 Å². The van der Waals surface area contributed by atoms with Crippen molar-refractivity contribution in [3.05, 3.63) is 58.9 Å². The minimum atomic E-state index is 0.250. The summed E-state index contributed by atoms with van der Waals surface area (Å²) in [6, 6.07) is 12.4. The number of carbonyl (C=O) groups excluding carboxylic acids is 1. The van der Waals surface area contributed by atoms with Crippen LogP contribution in [-0.2, 0) is 17.8 Å². The van der Waals surface area contributed by atoms with E-state index in [0.717, 1.165) is 44.9 Å². The van der Waals surface area contributed by atoms with Crippen LogP contribution in [0, 0.1) is 6.92 Å². The van der Waals surface area contributed by atoms with E-state index in [2.05, 4.69) is 36.1 Å². The van der Waals surface area contributed by atoms with Gasteiger partial charge < -0.3 is 9.32 Å². The molecule has 3 aromatic rings. The number of amides is 1. The minimum absolute atomic E-state index is 0.250. The van der Waals surface area contributed by atoms with E-state index in [4.69, 9.17) is 4.42 Å². The van der Waals surface area contributed by atoms with Gasteiger partial charge in [0.25, 0.3) is 0 Å². The first-order valence-corrected chi connectivity index (χ1v) is 10.0. The molecule has 0 radical (unpaired) electrons. The van der Waals surface area contributed by atoms with Crippen molar-refractivity contribution in [2.75, 3.05) is 26.2 Å². The summed E-state index contributed by atoms with van der Waals surface area (Å²) in [5, 5.41) is 1.28. The summed E-state index contributed by atoms with van der Waals surface area (Å²) in [4.78, 5) is 18.5. The summed E-state index contributed by atoms with van der Waals surface area (Å²) >= 11 is 1.75. The molecule has 0 N–H and O–H groups in total. The van der Waals surface area contributed by atoms with Crippen LogP contribution in [0.3, 0.4) is 0 Å². The van der Waals surface area contributed by atoms with Crippen LogP contribution in [0.5, 0.6) is 0 Å². The molecule has 0 saturated carbocycles. The first-order chi connectivity index (χ1) is 12.7. The number of rotatable bonds is 4. The number of fused-ring (bicyclic) bond motifs is 1. The van der Waals surface area contributed by atoms with Crippen LogP contribution in [0.25, 0.3) is 10.1 Å². The van der Waals surface area contributed by atoms with E-state index in [0.29, 0.717) is 6.42 Å². The Balaban J connectivity index is 1.39. The van der Waals surface area contributed by atoms with E-state index in [1.807, 2.05) is 17.0 Å². The number of aryl methyl sites for hydroxylation is 1. The lowest BCUT2D eigenvalue weighted by Gasteiger charge is -2.21. The van der Waals surface area contributed by atoms with E-state index >= 15 is 0 Å². The highest BCUT2D eigenvalue weighted by Crippen LogP contribution is 2.31. The van der Waals surface area contributed by atoms with Gasteiger partial charge in [-0.15, -0.1) is 11.3 Å². The highest BCUT2D eigenvalue weighted by atomic mass is 32.1. The van der Waals surface area contributed by atoms with E-state index in [9.17, 15) is 4.79 Å². The second-order valence-electron chi connectivity index (χ2n) is 6.91. The first-order valence-electron chi connectivity index (χ1n) is 9.20. The number of thiophene rings is 1. The van der Waals surface area contributed by atoms with E-state index in [1.165, 1.54) is 20.5 Å². The van der Waals surface area contributed by atoms with Crippen LogP contribution >= 0.6 is 11.3 Å². The molecule has 0 unspecified atom stereocenters. The van der Waals surface area contributed by atoms with Crippen LogP contribution in [0.4, 0.5) is 0 Å². The maximum Gasteiger partial charge on any atom is 0.227 e. The van der Waals surface area contributed by atoms with Gasteiger partial charge in [0, 0.05) is 35.8 Å². The molecule has 136 valence electrons. The molecular formula is C21H24N2O2S. The molecule has 0 atom stereocenters. The van der Waals surface area contributed by atoms with Gasteiger partial charge in [-0.2, -0.15) is 0 Å². The van der Waals surface area contributed by atoms with Gasteiger partial charge in [-0.25, -0.2) is 0 Å². The lowest BCUT2D eigenvalue weighted by atomic mass is 10.1. The molecule has 4 rings (SSSR count). The molecule has 5 heteroatoms. The molecule has 0 bridgehead atoms. The topological polar surface area (TPSA) is 36.7 Å². The molecule has 4 nitrogen and oxygen atoms in total. The second kappa shape index (κ2) is 7.64. The average Bonchev–Trinajstić information content (AvgIpc) is 3.18. The molecule has 0 spiro atoms. The van der Waals surface area contributed by atoms with Crippen LogP contribution in [0.2, 0.25) is 0 Å². The third-order valence-corrected chi connectivity index (χ3v) is 6.43. The summed E-state index contributed by atoms with van der Waals surface area (Å²) in [6.07, 6.45) is 3.25. The Morgan fingerprint density at radius 3 is 2.81 bits per heavy atom. The van der Waals surface area contributed by atoms with Crippen molar-refractivity contribution < 1.29 is 9.21 Å². The van der Waals surface area contributed by atoms with Gasteiger partial charge in [0.05, 0.1) is 19.2 Å². The Morgan fingerprint density at radius 1 is 1.12 bits per heavy atom. The smallest absolute Gasteiger partial charge is 0.227 e. The second-order valence-corrected chi connectivity index (χ2v) is 8.05. The van der Waals surface area contributed by atoms with Crippen molar-refractivity contribution in [3.63, 3.8) is 0 Å². The zero-order valence-electron chi connectivity index (χ0n) is 15.1. The van der Waals surface area contributed by atoms with Gasteiger partial charge in [-0.1, -0.05) is 18.2 Å². The number of benzene rings is 1. The zero-order valence-corrected chi connectivity index (χ0v) is 15.9. The maximum absolute atomic E-state index is 12.9. The molecule has 1 saturated heterocycles. The number of hydrogen-bond acceptors (Lipinski definition) is 4. The van der Waals surface area contributed by atoms with Crippen molar-refractivity contribution in [2.24, 2.45) is 0 Å². The normalized spacial score (nSPS) is 16.1. The van der Waals surface area contributed by atoms with Crippen molar-refractivity contribution >= 4 is 27.3 Å². The monoisotopic (exact) mass is 368 g/mol. The molecule has 1 aliphatic heterocycles. The summed E-state index contributed by atoms with van der Waals surface area (Å²) in [6.45, 7) is 6.50. The van der Waals surface area contributed by atoms with E-state index in [-0.39, 0.29) is 5.91 Å². The van der Waals surface area contributed by atoms with Gasteiger partial charge in [-0.05, 0) is 42.5 Å². The van der Waals surface area contributed by atoms with Crippen LogP contribution in [0.1, 0.15) is 22.6 Å². The zero-order chi connectivity index (χ0) is 17.9. The molecule has 0 aliphatic carbocycles. The molecule has 1 amide bonds. The molecule has 1 aromatic carbocycles. The Morgan fingerprint density at radius 2 is 2.00 bits per heavy atom. The van der Waals surface area contributed by atoms with E-state index < -0.39 is 0 Å². The van der Waals surface area contributed by atoms with Gasteiger partial charge in [0.2, 0.25) is 5.91 Å². The van der Waals surface area contributed by atoms with Crippen molar-refractivity contribution in [2.45, 2.75) is 26.3 Å². The standard InChI is InChI=1S/C21H24N2O2S/c1-16-18-7-2-3-8-19(18)26-20(16)14-21(24)23-10-5-9-22(11-12-23)15-17-6-4-13-25-17/h2-4,6-8,13H,5,9-12,14-15H2,1H3. The predicted molar refractivity (Wildman–Crippen MR) is 105 cm³/mol. The predicted octanol–water partition coefficient (Wildman–Crippen LogP) is 4.08. The SMILES string of the molecule is Cc1c(CC(=O)N2CCCN(Cc3ccco3)CC2)sc2ccccc12. The minimum Gasteiger partial charge on any atom is -0.468 e. The van der Waals surface area contributed by atoms with Crippen LogP contribution in [0.15, 0.2) is 47.1 Å².